The summed E-state index contributed by atoms with van der Waals surface area (Å²) in [4.78, 5) is 13.9. The molecule has 0 N–H and O–H groups in total. The molecule has 2 aromatic carbocycles. The third-order valence-corrected chi connectivity index (χ3v) is 6.07. The Hall–Kier alpha value is -2.18. The maximum absolute atomic E-state index is 12.9. The fourth-order valence-electron chi connectivity index (χ4n) is 2.51. The van der Waals surface area contributed by atoms with Gasteiger partial charge in [-0.2, -0.15) is 0 Å². The molecule has 0 bridgehead atoms. The molecule has 2 aromatic rings. The van der Waals surface area contributed by atoms with E-state index in [1.165, 1.54) is 12.1 Å². The number of carbonyl (C=O) groups excluding carboxylic acids is 1. The predicted molar refractivity (Wildman–Crippen MR) is 92.8 cm³/mol. The van der Waals surface area contributed by atoms with Crippen LogP contribution in [0.4, 0.5) is 0 Å². The summed E-state index contributed by atoms with van der Waals surface area (Å²) in [7, 11) is -0.235. The highest BCUT2D eigenvalue weighted by Gasteiger charge is 2.31. The minimum Gasteiger partial charge on any atom is -0.422 e. The van der Waals surface area contributed by atoms with Crippen molar-refractivity contribution in [2.45, 2.75) is 23.6 Å². The first kappa shape index (κ1) is 18.2. The van der Waals surface area contributed by atoms with Gasteiger partial charge in [0.25, 0.3) is 0 Å². The maximum atomic E-state index is 12.9. The topological polar surface area (TPSA) is 63.7 Å². The van der Waals surface area contributed by atoms with E-state index in [2.05, 4.69) is 0 Å². The van der Waals surface area contributed by atoms with Gasteiger partial charge in [-0.3, -0.25) is 4.90 Å². The van der Waals surface area contributed by atoms with Gasteiger partial charge in [0.05, 0.1) is 5.56 Å². The second-order valence-electron chi connectivity index (χ2n) is 5.57. The van der Waals surface area contributed by atoms with Crippen LogP contribution in [0.5, 0.6) is 5.75 Å². The number of rotatable bonds is 6. The van der Waals surface area contributed by atoms with Gasteiger partial charge in [-0.25, -0.2) is 13.2 Å². The highest BCUT2D eigenvalue weighted by Crippen LogP contribution is 2.29. The zero-order chi connectivity index (χ0) is 17.7. The molecule has 0 aliphatic rings. The monoisotopic (exact) mass is 347 g/mol. The van der Waals surface area contributed by atoms with Crippen molar-refractivity contribution in [2.24, 2.45) is 0 Å². The van der Waals surface area contributed by atoms with E-state index in [1.807, 2.05) is 0 Å². The van der Waals surface area contributed by atoms with Crippen LogP contribution in [0.1, 0.15) is 23.7 Å². The van der Waals surface area contributed by atoms with Crippen molar-refractivity contribution in [1.29, 1.82) is 0 Å². The van der Waals surface area contributed by atoms with E-state index in [0.29, 0.717) is 12.0 Å². The molecule has 128 valence electrons. The number of para-hydroxylation sites is 1. The fourth-order valence-corrected chi connectivity index (χ4v) is 4.46. The number of ether oxygens (including phenoxy) is 1. The Balaban J connectivity index is 2.39. The molecule has 0 saturated heterocycles. The van der Waals surface area contributed by atoms with E-state index >= 15 is 0 Å². The lowest BCUT2D eigenvalue weighted by Crippen LogP contribution is -2.35. The van der Waals surface area contributed by atoms with Crippen molar-refractivity contribution < 1.29 is 17.9 Å². The van der Waals surface area contributed by atoms with Crippen LogP contribution >= 0.6 is 0 Å². The van der Waals surface area contributed by atoms with Gasteiger partial charge >= 0.3 is 5.97 Å². The van der Waals surface area contributed by atoms with E-state index in [4.69, 9.17) is 4.74 Å². The Labute approximate surface area is 142 Å². The number of carbonyl (C=O) groups is 1. The van der Waals surface area contributed by atoms with Gasteiger partial charge in [-0.15, -0.1) is 0 Å². The fraction of sp³-hybridized carbons (Fsp3) is 0.278. The molecular weight excluding hydrogens is 326 g/mol. The molecule has 1 atom stereocenters. The molecule has 0 aromatic heterocycles. The molecule has 0 amide bonds. The first-order valence-electron chi connectivity index (χ1n) is 7.64. The quantitative estimate of drug-likeness (QED) is 0.594. The van der Waals surface area contributed by atoms with Gasteiger partial charge in [-0.1, -0.05) is 37.3 Å². The summed E-state index contributed by atoms with van der Waals surface area (Å²) in [5.41, 5.74) is 0.365. The van der Waals surface area contributed by atoms with Crippen LogP contribution in [-0.2, 0) is 9.84 Å². The molecule has 0 fully saturated rings. The molecule has 0 saturated carbocycles. The third kappa shape index (κ3) is 3.83. The number of benzene rings is 2. The van der Waals surface area contributed by atoms with Crippen molar-refractivity contribution in [1.82, 2.24) is 4.90 Å². The summed E-state index contributed by atoms with van der Waals surface area (Å²) in [6, 6.07) is 14.7. The second kappa shape index (κ2) is 7.59. The number of nitrogens with zero attached hydrogens (tertiary/aromatic N) is 1. The Morgan fingerprint density at radius 3 is 2.21 bits per heavy atom. The average molecular weight is 347 g/mol. The Morgan fingerprint density at radius 1 is 1.04 bits per heavy atom. The van der Waals surface area contributed by atoms with Gasteiger partial charge in [0, 0.05) is 0 Å². The average Bonchev–Trinajstić information content (AvgIpc) is 2.56. The largest absolute Gasteiger partial charge is 0.422 e. The molecular formula is C18H21NO4S. The number of esters is 1. The summed E-state index contributed by atoms with van der Waals surface area (Å²) >= 11 is 0. The van der Waals surface area contributed by atoms with E-state index in [-0.39, 0.29) is 10.6 Å². The summed E-state index contributed by atoms with van der Waals surface area (Å²) < 4.78 is 31.2. The summed E-state index contributed by atoms with van der Waals surface area (Å²) in [5.74, 6) is -0.539. The summed E-state index contributed by atoms with van der Waals surface area (Å²) in [6.07, 6.45) is 0.427. The van der Waals surface area contributed by atoms with E-state index in [9.17, 15) is 13.2 Å². The summed E-state index contributed by atoms with van der Waals surface area (Å²) in [6.45, 7) is 1.81. The van der Waals surface area contributed by atoms with E-state index in [1.54, 1.807) is 68.4 Å². The first-order chi connectivity index (χ1) is 11.4. The van der Waals surface area contributed by atoms with Gasteiger partial charge in [-0.05, 0) is 44.8 Å². The van der Waals surface area contributed by atoms with Crippen molar-refractivity contribution in [3.63, 3.8) is 0 Å². The van der Waals surface area contributed by atoms with Crippen molar-refractivity contribution in [2.75, 3.05) is 14.1 Å². The molecule has 24 heavy (non-hydrogen) atoms. The molecule has 6 heteroatoms. The molecule has 5 nitrogen and oxygen atoms in total. The van der Waals surface area contributed by atoms with Gasteiger partial charge < -0.3 is 4.74 Å². The Morgan fingerprint density at radius 2 is 1.62 bits per heavy atom. The third-order valence-electron chi connectivity index (χ3n) is 3.65. The number of sulfone groups is 1. The zero-order valence-electron chi connectivity index (χ0n) is 14.0. The van der Waals surface area contributed by atoms with Gasteiger partial charge in [0.2, 0.25) is 0 Å². The zero-order valence-corrected chi connectivity index (χ0v) is 14.8. The molecule has 0 heterocycles. The lowest BCUT2D eigenvalue weighted by molar-refractivity contribution is 0.0730. The first-order valence-corrected chi connectivity index (χ1v) is 9.19. The molecule has 0 aliphatic heterocycles. The maximum Gasteiger partial charge on any atom is 0.343 e. The van der Waals surface area contributed by atoms with Crippen LogP contribution in [0.15, 0.2) is 59.5 Å². The number of hydrogen-bond acceptors (Lipinski definition) is 5. The van der Waals surface area contributed by atoms with Crippen LogP contribution in [0, 0.1) is 0 Å². The SMILES string of the molecule is CCC(N(C)C)S(=O)(=O)c1ccccc1OC(=O)c1ccccc1. The van der Waals surface area contributed by atoms with Crippen LogP contribution in [-0.4, -0.2) is 38.8 Å². The smallest absolute Gasteiger partial charge is 0.343 e. The standard InChI is InChI=1S/C18H21NO4S/c1-4-17(19(2)3)24(21,22)16-13-9-8-12-15(16)23-18(20)14-10-6-5-7-11-14/h5-13,17H,4H2,1-3H3. The van der Waals surface area contributed by atoms with Crippen molar-refractivity contribution in [3.8, 4) is 5.75 Å². The normalized spacial score (nSPS) is 12.8. The Bertz CT molecular complexity index is 801. The van der Waals surface area contributed by atoms with Crippen molar-refractivity contribution >= 4 is 15.8 Å². The molecule has 0 radical (unpaired) electrons. The predicted octanol–water partition coefficient (Wildman–Crippen LogP) is 2.98. The minimum absolute atomic E-state index is 0.0230. The molecule has 1 unspecified atom stereocenters. The minimum atomic E-state index is -3.66. The van der Waals surface area contributed by atoms with Gasteiger partial charge in [0.1, 0.15) is 16.0 Å². The van der Waals surface area contributed by atoms with E-state index in [0.717, 1.165) is 0 Å². The lowest BCUT2D eigenvalue weighted by Gasteiger charge is -2.23. The summed E-state index contributed by atoms with van der Waals surface area (Å²) in [5, 5.41) is -0.686. The Kier molecular flexibility index (Phi) is 5.75. The molecule has 0 aliphatic carbocycles. The molecule has 2 rings (SSSR count). The van der Waals surface area contributed by atoms with E-state index < -0.39 is 21.2 Å². The van der Waals surface area contributed by atoms with Crippen LogP contribution < -0.4 is 4.74 Å². The van der Waals surface area contributed by atoms with Crippen LogP contribution in [0.3, 0.4) is 0 Å². The van der Waals surface area contributed by atoms with Gasteiger partial charge in [0.15, 0.2) is 9.84 Å². The van der Waals surface area contributed by atoms with Crippen LogP contribution in [0.2, 0.25) is 0 Å². The van der Waals surface area contributed by atoms with Crippen molar-refractivity contribution in [3.05, 3.63) is 60.2 Å². The highest BCUT2D eigenvalue weighted by molar-refractivity contribution is 7.92. The molecule has 0 spiro atoms. The number of hydrogen-bond donors (Lipinski definition) is 0. The highest BCUT2D eigenvalue weighted by atomic mass is 32.2. The lowest BCUT2D eigenvalue weighted by atomic mass is 10.2. The second-order valence-corrected chi connectivity index (χ2v) is 7.65. The van der Waals surface area contributed by atoms with Crippen LogP contribution in [0.25, 0.3) is 0 Å².